The molecule has 1 aromatic heterocycles. The molecule has 1 N–H and O–H groups in total. The summed E-state index contributed by atoms with van der Waals surface area (Å²) >= 11 is 0. The van der Waals surface area contributed by atoms with Gasteiger partial charge in [-0.15, -0.1) is 0 Å². The number of hydrogen-bond acceptors (Lipinski definition) is 6. The number of pyridine rings is 1. The van der Waals surface area contributed by atoms with Gasteiger partial charge < -0.3 is 19.9 Å². The van der Waals surface area contributed by atoms with E-state index in [0.717, 1.165) is 6.54 Å². The molecule has 1 unspecified atom stereocenters. The molecule has 114 valence electrons. The maximum Gasteiger partial charge on any atom is 0.341 e. The number of methoxy groups -OCH3 is 1. The zero-order valence-electron chi connectivity index (χ0n) is 12.5. The van der Waals surface area contributed by atoms with Gasteiger partial charge in [-0.3, -0.25) is 4.79 Å². The lowest BCUT2D eigenvalue weighted by atomic mass is 10.1. The van der Waals surface area contributed by atoms with Crippen molar-refractivity contribution in [3.63, 3.8) is 0 Å². The first-order valence-electron chi connectivity index (χ1n) is 6.78. The Morgan fingerprint density at radius 2 is 2.24 bits per heavy atom. The summed E-state index contributed by atoms with van der Waals surface area (Å²) in [5.41, 5.74) is 0.374. The van der Waals surface area contributed by atoms with E-state index in [1.165, 1.54) is 7.11 Å². The molecule has 1 aliphatic rings. The molecule has 7 nitrogen and oxygen atoms in total. The Hall–Kier alpha value is -2.15. The molecule has 7 heteroatoms. The highest BCUT2D eigenvalue weighted by atomic mass is 16.5. The number of aromatic nitrogens is 1. The topological polar surface area (TPSA) is 74.8 Å². The molecule has 21 heavy (non-hydrogen) atoms. The monoisotopic (exact) mass is 292 g/mol. The predicted octanol–water partition coefficient (Wildman–Crippen LogP) is -0.265. The van der Waals surface area contributed by atoms with Crippen LogP contribution in [0.2, 0.25) is 0 Å². The van der Waals surface area contributed by atoms with Crippen molar-refractivity contribution in [2.24, 2.45) is 0 Å². The van der Waals surface area contributed by atoms with Crippen molar-refractivity contribution in [1.29, 1.82) is 0 Å². The van der Waals surface area contributed by atoms with Crippen molar-refractivity contribution in [3.05, 3.63) is 23.9 Å². The van der Waals surface area contributed by atoms with E-state index in [2.05, 4.69) is 10.3 Å². The quantitative estimate of drug-likeness (QED) is 0.773. The van der Waals surface area contributed by atoms with Crippen molar-refractivity contribution in [2.75, 3.05) is 45.7 Å². The number of piperazine rings is 1. The summed E-state index contributed by atoms with van der Waals surface area (Å²) in [5.74, 6) is 0.0161. The van der Waals surface area contributed by atoms with Crippen LogP contribution in [0.4, 0.5) is 5.82 Å². The van der Waals surface area contributed by atoms with Gasteiger partial charge in [0.2, 0.25) is 5.91 Å². The molecule has 1 fully saturated rings. The second-order valence-corrected chi connectivity index (χ2v) is 5.01. The van der Waals surface area contributed by atoms with Gasteiger partial charge in [0.25, 0.3) is 0 Å². The fraction of sp³-hybridized carbons (Fsp3) is 0.500. The molecule has 0 spiro atoms. The number of rotatable bonds is 3. The predicted molar refractivity (Wildman–Crippen MR) is 78.3 cm³/mol. The average molecular weight is 292 g/mol. The average Bonchev–Trinajstić information content (AvgIpc) is 2.53. The number of hydrogen-bond donors (Lipinski definition) is 1. The van der Waals surface area contributed by atoms with Crippen molar-refractivity contribution >= 4 is 17.7 Å². The van der Waals surface area contributed by atoms with Gasteiger partial charge in [-0.05, 0) is 12.1 Å². The number of ether oxygens (including phenoxy) is 1. The summed E-state index contributed by atoms with van der Waals surface area (Å²) < 4.78 is 4.79. The Kier molecular flexibility index (Phi) is 4.74. The second kappa shape index (κ2) is 6.53. The first-order chi connectivity index (χ1) is 10.1. The van der Waals surface area contributed by atoms with Crippen LogP contribution in [0, 0.1) is 0 Å². The molecule has 0 saturated carbocycles. The molecule has 1 aliphatic heterocycles. The molecule has 0 radical (unpaired) electrons. The van der Waals surface area contributed by atoms with Gasteiger partial charge in [-0.1, -0.05) is 0 Å². The maximum absolute atomic E-state index is 12.3. The first-order valence-corrected chi connectivity index (χ1v) is 6.78. The number of carbonyl (C=O) groups is 2. The third kappa shape index (κ3) is 3.13. The Bertz CT molecular complexity index is 533. The molecule has 1 saturated heterocycles. The van der Waals surface area contributed by atoms with E-state index in [4.69, 9.17) is 4.74 Å². The lowest BCUT2D eigenvalue weighted by molar-refractivity contribution is -0.130. The second-order valence-electron chi connectivity index (χ2n) is 5.01. The standard InChI is InChI=1S/C14H20N4O3/c1-17(2)13(19)11-9-15-7-8-18(11)12-10(14(20)21-3)5-4-6-16-12/h4-6,11,15H,7-9H2,1-3H3. The van der Waals surface area contributed by atoms with E-state index in [1.54, 1.807) is 37.3 Å². The summed E-state index contributed by atoms with van der Waals surface area (Å²) in [6.07, 6.45) is 1.61. The van der Waals surface area contributed by atoms with E-state index < -0.39 is 5.97 Å². The van der Waals surface area contributed by atoms with Crippen molar-refractivity contribution in [3.8, 4) is 0 Å². The van der Waals surface area contributed by atoms with Crippen LogP contribution in [0.25, 0.3) is 0 Å². The van der Waals surface area contributed by atoms with Crippen LogP contribution in [-0.2, 0) is 9.53 Å². The highest BCUT2D eigenvalue weighted by Gasteiger charge is 2.32. The lowest BCUT2D eigenvalue weighted by Crippen LogP contribution is -2.58. The van der Waals surface area contributed by atoms with Crippen LogP contribution in [0.15, 0.2) is 18.3 Å². The molecule has 1 atom stereocenters. The fourth-order valence-corrected chi connectivity index (χ4v) is 2.37. The number of nitrogens with one attached hydrogen (secondary N) is 1. The minimum absolute atomic E-state index is 0.0244. The van der Waals surface area contributed by atoms with Crippen molar-refractivity contribution in [2.45, 2.75) is 6.04 Å². The number of nitrogens with zero attached hydrogens (tertiary/aromatic N) is 3. The zero-order valence-corrected chi connectivity index (χ0v) is 12.5. The molecule has 1 amide bonds. The summed E-state index contributed by atoms with van der Waals surface area (Å²) in [6, 6.07) is 2.96. The van der Waals surface area contributed by atoms with E-state index in [0.29, 0.717) is 24.5 Å². The van der Waals surface area contributed by atoms with Crippen molar-refractivity contribution < 1.29 is 14.3 Å². The number of carbonyl (C=O) groups excluding carboxylic acids is 2. The molecular formula is C14H20N4O3. The number of amides is 1. The summed E-state index contributed by atoms with van der Waals surface area (Å²) in [6.45, 7) is 1.86. The zero-order chi connectivity index (χ0) is 15.4. The highest BCUT2D eigenvalue weighted by molar-refractivity contribution is 5.96. The molecule has 1 aromatic rings. The normalized spacial score (nSPS) is 18.2. The van der Waals surface area contributed by atoms with E-state index >= 15 is 0 Å². The fourth-order valence-electron chi connectivity index (χ4n) is 2.37. The SMILES string of the molecule is COC(=O)c1cccnc1N1CCNCC1C(=O)N(C)C. The third-order valence-corrected chi connectivity index (χ3v) is 3.43. The Morgan fingerprint density at radius 3 is 2.90 bits per heavy atom. The van der Waals surface area contributed by atoms with Crippen molar-refractivity contribution in [1.82, 2.24) is 15.2 Å². The van der Waals surface area contributed by atoms with Gasteiger partial charge in [-0.25, -0.2) is 9.78 Å². The molecule has 0 bridgehead atoms. The van der Waals surface area contributed by atoms with E-state index in [1.807, 2.05) is 4.90 Å². The molecule has 2 heterocycles. The number of esters is 1. The van der Waals surface area contributed by atoms with E-state index in [9.17, 15) is 9.59 Å². The maximum atomic E-state index is 12.3. The molecular weight excluding hydrogens is 272 g/mol. The van der Waals surface area contributed by atoms with Gasteiger partial charge >= 0.3 is 5.97 Å². The van der Waals surface area contributed by atoms with Gasteiger partial charge in [0, 0.05) is 39.9 Å². The van der Waals surface area contributed by atoms with Gasteiger partial charge in [-0.2, -0.15) is 0 Å². The lowest BCUT2D eigenvalue weighted by Gasteiger charge is -2.37. The molecule has 0 aromatic carbocycles. The Labute approximate surface area is 123 Å². The first kappa shape index (κ1) is 15.2. The Morgan fingerprint density at radius 1 is 1.48 bits per heavy atom. The number of likely N-dealkylation sites (N-methyl/N-ethyl adjacent to an activating group) is 1. The van der Waals surface area contributed by atoms with Crippen LogP contribution in [0.5, 0.6) is 0 Å². The van der Waals surface area contributed by atoms with Crippen LogP contribution in [0.3, 0.4) is 0 Å². The Balaban J connectivity index is 2.38. The van der Waals surface area contributed by atoms with Crippen LogP contribution < -0.4 is 10.2 Å². The van der Waals surface area contributed by atoms with Crippen LogP contribution in [-0.4, -0.2) is 68.6 Å². The highest BCUT2D eigenvalue weighted by Crippen LogP contribution is 2.22. The summed E-state index contributed by atoms with van der Waals surface area (Å²) in [5, 5.41) is 3.20. The summed E-state index contributed by atoms with van der Waals surface area (Å²) in [7, 11) is 4.77. The van der Waals surface area contributed by atoms with Crippen LogP contribution in [0.1, 0.15) is 10.4 Å². The van der Waals surface area contributed by atoms with E-state index in [-0.39, 0.29) is 11.9 Å². The minimum Gasteiger partial charge on any atom is -0.465 e. The van der Waals surface area contributed by atoms with Gasteiger partial charge in [0.15, 0.2) is 0 Å². The smallest absolute Gasteiger partial charge is 0.341 e. The third-order valence-electron chi connectivity index (χ3n) is 3.43. The summed E-state index contributed by atoms with van der Waals surface area (Å²) in [4.78, 5) is 31.9. The minimum atomic E-state index is -0.451. The molecule has 0 aliphatic carbocycles. The molecule has 2 rings (SSSR count). The number of anilines is 1. The largest absolute Gasteiger partial charge is 0.465 e. The van der Waals surface area contributed by atoms with Gasteiger partial charge in [0.1, 0.15) is 17.4 Å². The van der Waals surface area contributed by atoms with Gasteiger partial charge in [0.05, 0.1) is 7.11 Å². The van der Waals surface area contributed by atoms with Crippen LogP contribution >= 0.6 is 0 Å².